The van der Waals surface area contributed by atoms with Gasteiger partial charge in [-0.1, -0.05) is 11.6 Å². The molecule has 0 amide bonds. The number of anilines is 3. The molecule has 106 valence electrons. The third-order valence-corrected chi connectivity index (χ3v) is 4.19. The van der Waals surface area contributed by atoms with E-state index in [9.17, 15) is 4.39 Å². The highest BCUT2D eigenvalue weighted by molar-refractivity contribution is 14.1. The Hall–Kier alpha value is -1.60. The zero-order valence-electron chi connectivity index (χ0n) is 10.7. The van der Waals surface area contributed by atoms with Gasteiger partial charge in [-0.2, -0.15) is 0 Å². The van der Waals surface area contributed by atoms with Crippen molar-refractivity contribution in [2.24, 2.45) is 0 Å². The van der Waals surface area contributed by atoms with Gasteiger partial charge in [0.1, 0.15) is 5.69 Å². The van der Waals surface area contributed by atoms with Crippen molar-refractivity contribution < 1.29 is 4.39 Å². The molecule has 2 aromatic carbocycles. The first-order valence-corrected chi connectivity index (χ1v) is 7.56. The standard InChI is InChI=1S/C15H10ClFIN3/c16-8-3-4-13(11(18)6-8)21-15-10(17)7-12(19)9-2-1-5-20-14(9)15/h1-7,21H,19H2. The highest BCUT2D eigenvalue weighted by Crippen LogP contribution is 2.33. The normalized spacial score (nSPS) is 10.8. The number of fused-ring (bicyclic) bond motifs is 1. The van der Waals surface area contributed by atoms with E-state index in [1.807, 2.05) is 6.07 Å². The van der Waals surface area contributed by atoms with Gasteiger partial charge in [-0.25, -0.2) is 4.39 Å². The average molecular weight is 414 g/mol. The van der Waals surface area contributed by atoms with Gasteiger partial charge >= 0.3 is 0 Å². The number of nitrogens with two attached hydrogens (primary N) is 1. The van der Waals surface area contributed by atoms with Gasteiger partial charge in [0, 0.05) is 25.9 Å². The van der Waals surface area contributed by atoms with Crippen LogP contribution in [0.3, 0.4) is 0 Å². The minimum absolute atomic E-state index is 0.306. The summed E-state index contributed by atoms with van der Waals surface area (Å²) in [4.78, 5) is 4.24. The average Bonchev–Trinajstić information content (AvgIpc) is 2.45. The van der Waals surface area contributed by atoms with Gasteiger partial charge in [-0.05, 0) is 59.0 Å². The van der Waals surface area contributed by atoms with Crippen molar-refractivity contribution in [3.8, 4) is 0 Å². The van der Waals surface area contributed by atoms with E-state index in [4.69, 9.17) is 17.3 Å². The summed E-state index contributed by atoms with van der Waals surface area (Å²) in [7, 11) is 0. The molecule has 1 heterocycles. The van der Waals surface area contributed by atoms with Gasteiger partial charge in [0.05, 0.1) is 11.2 Å². The van der Waals surface area contributed by atoms with E-state index < -0.39 is 5.82 Å². The molecule has 3 N–H and O–H groups in total. The molecule has 3 nitrogen and oxygen atoms in total. The number of aromatic nitrogens is 1. The first-order chi connectivity index (χ1) is 10.1. The number of halogens is 3. The maximum atomic E-state index is 14.3. The molecule has 6 heteroatoms. The first kappa shape index (κ1) is 14.3. The molecule has 21 heavy (non-hydrogen) atoms. The number of nitrogens with one attached hydrogen (secondary N) is 1. The van der Waals surface area contributed by atoms with Gasteiger partial charge in [0.15, 0.2) is 5.82 Å². The summed E-state index contributed by atoms with van der Waals surface area (Å²) in [5, 5.41) is 4.42. The molecular weight excluding hydrogens is 404 g/mol. The van der Waals surface area contributed by atoms with Gasteiger partial charge < -0.3 is 11.1 Å². The molecule has 0 spiro atoms. The largest absolute Gasteiger partial charge is 0.398 e. The number of pyridine rings is 1. The molecule has 0 saturated heterocycles. The molecule has 0 aliphatic carbocycles. The lowest BCUT2D eigenvalue weighted by Gasteiger charge is -2.13. The summed E-state index contributed by atoms with van der Waals surface area (Å²) in [6, 6.07) is 10.2. The Bertz CT molecular complexity index is 839. The second-order valence-electron chi connectivity index (χ2n) is 4.47. The Balaban J connectivity index is 2.16. The number of nitrogen functional groups attached to an aromatic ring is 1. The molecule has 0 atom stereocenters. The highest BCUT2D eigenvalue weighted by Gasteiger charge is 2.13. The predicted molar refractivity (Wildman–Crippen MR) is 93.6 cm³/mol. The van der Waals surface area contributed by atoms with Gasteiger partial charge in [-0.15, -0.1) is 0 Å². The van der Waals surface area contributed by atoms with Gasteiger partial charge in [0.2, 0.25) is 0 Å². The number of benzene rings is 2. The number of hydrogen-bond donors (Lipinski definition) is 2. The minimum Gasteiger partial charge on any atom is -0.398 e. The van der Waals surface area contributed by atoms with E-state index in [0.717, 1.165) is 9.26 Å². The zero-order chi connectivity index (χ0) is 15.0. The molecule has 0 aliphatic rings. The zero-order valence-corrected chi connectivity index (χ0v) is 13.6. The quantitative estimate of drug-likeness (QED) is 0.461. The summed E-state index contributed by atoms with van der Waals surface area (Å²) in [5.74, 6) is -0.440. The van der Waals surface area contributed by atoms with Crippen molar-refractivity contribution in [3.05, 3.63) is 57.0 Å². The van der Waals surface area contributed by atoms with E-state index >= 15 is 0 Å². The van der Waals surface area contributed by atoms with Gasteiger partial charge in [0.25, 0.3) is 0 Å². The lowest BCUT2D eigenvalue weighted by Crippen LogP contribution is -2.00. The fourth-order valence-electron chi connectivity index (χ4n) is 2.08. The maximum absolute atomic E-state index is 14.3. The second kappa shape index (κ2) is 5.65. The molecule has 3 rings (SSSR count). The van der Waals surface area contributed by atoms with Crippen LogP contribution in [-0.2, 0) is 0 Å². The Kier molecular flexibility index (Phi) is 3.86. The summed E-state index contributed by atoms with van der Waals surface area (Å²) in [6.07, 6.45) is 1.61. The van der Waals surface area contributed by atoms with E-state index in [0.29, 0.717) is 27.3 Å². The van der Waals surface area contributed by atoms with Crippen LogP contribution in [0, 0.1) is 9.39 Å². The molecule has 0 aliphatic heterocycles. The third kappa shape index (κ3) is 2.75. The van der Waals surface area contributed by atoms with Gasteiger partial charge in [-0.3, -0.25) is 4.98 Å². The number of hydrogen-bond acceptors (Lipinski definition) is 3. The van der Waals surface area contributed by atoms with Crippen molar-refractivity contribution >= 4 is 62.2 Å². The van der Waals surface area contributed by atoms with Crippen LogP contribution in [0.1, 0.15) is 0 Å². The second-order valence-corrected chi connectivity index (χ2v) is 6.07. The minimum atomic E-state index is -0.440. The smallest absolute Gasteiger partial charge is 0.150 e. The molecule has 0 unspecified atom stereocenters. The maximum Gasteiger partial charge on any atom is 0.150 e. The molecule has 0 radical (unpaired) electrons. The van der Waals surface area contributed by atoms with Crippen LogP contribution in [-0.4, -0.2) is 4.98 Å². The molecule has 0 bridgehead atoms. The van der Waals surface area contributed by atoms with Crippen LogP contribution in [0.4, 0.5) is 21.5 Å². The Morgan fingerprint density at radius 3 is 2.81 bits per heavy atom. The van der Waals surface area contributed by atoms with E-state index in [1.165, 1.54) is 6.07 Å². The van der Waals surface area contributed by atoms with Crippen molar-refractivity contribution in [3.63, 3.8) is 0 Å². The van der Waals surface area contributed by atoms with Crippen molar-refractivity contribution in [2.75, 3.05) is 11.1 Å². The van der Waals surface area contributed by atoms with Crippen LogP contribution >= 0.6 is 34.2 Å². The molecular formula is C15H10ClFIN3. The summed E-state index contributed by atoms with van der Waals surface area (Å²) in [6.45, 7) is 0. The lowest BCUT2D eigenvalue weighted by molar-refractivity contribution is 0.634. The highest BCUT2D eigenvalue weighted by atomic mass is 127. The summed E-state index contributed by atoms with van der Waals surface area (Å²) in [5.41, 5.74) is 7.78. The summed E-state index contributed by atoms with van der Waals surface area (Å²) < 4.78 is 15.2. The number of rotatable bonds is 2. The molecule has 3 aromatic rings. The SMILES string of the molecule is Nc1cc(F)c(Nc2ccc(Cl)cc2I)c2ncccc12. The Morgan fingerprint density at radius 2 is 2.05 bits per heavy atom. The van der Waals surface area contributed by atoms with Crippen LogP contribution in [0.2, 0.25) is 5.02 Å². The van der Waals surface area contributed by atoms with Crippen molar-refractivity contribution in [2.45, 2.75) is 0 Å². The summed E-state index contributed by atoms with van der Waals surface area (Å²) >= 11 is 8.07. The Morgan fingerprint density at radius 1 is 1.24 bits per heavy atom. The van der Waals surface area contributed by atoms with E-state index in [-0.39, 0.29) is 0 Å². The fourth-order valence-corrected chi connectivity index (χ4v) is 3.09. The number of nitrogens with zero attached hydrogens (tertiary/aromatic N) is 1. The third-order valence-electron chi connectivity index (χ3n) is 3.07. The predicted octanol–water partition coefficient (Wildman–Crippen LogP) is 4.96. The van der Waals surface area contributed by atoms with Crippen molar-refractivity contribution in [1.29, 1.82) is 0 Å². The molecule has 0 fully saturated rings. The molecule has 0 saturated carbocycles. The fraction of sp³-hybridized carbons (Fsp3) is 0. The van der Waals surface area contributed by atoms with Crippen LogP contribution in [0.15, 0.2) is 42.6 Å². The van der Waals surface area contributed by atoms with Crippen molar-refractivity contribution in [1.82, 2.24) is 4.98 Å². The van der Waals surface area contributed by atoms with Crippen LogP contribution in [0.25, 0.3) is 10.9 Å². The monoisotopic (exact) mass is 413 g/mol. The Labute approximate surface area is 139 Å². The first-order valence-electron chi connectivity index (χ1n) is 6.11. The molecule has 1 aromatic heterocycles. The van der Waals surface area contributed by atoms with E-state index in [1.54, 1.807) is 30.5 Å². The van der Waals surface area contributed by atoms with E-state index in [2.05, 4.69) is 32.9 Å². The topological polar surface area (TPSA) is 50.9 Å². The van der Waals surface area contributed by atoms with Crippen LogP contribution in [0.5, 0.6) is 0 Å². The van der Waals surface area contributed by atoms with Crippen LogP contribution < -0.4 is 11.1 Å². The lowest BCUT2D eigenvalue weighted by atomic mass is 10.1.